The van der Waals surface area contributed by atoms with Gasteiger partial charge in [0, 0.05) is 12.3 Å². The Balaban J connectivity index is 3.07. The molecule has 0 aromatic heterocycles. The van der Waals surface area contributed by atoms with Gasteiger partial charge in [0.05, 0.1) is 26.1 Å². The standard InChI is InChI=1S/C19H31N9O8S/c20-19(21)22-3-1-2-9-16(34)24-5-12(29)23-6-13(30)27-11(8-37)18(36)28-10(4-15(32)33)17(35)25-7-14(31)26-9/h9-11,37H,1-8H2,(H,23,29)(H,24,34)(H,25,35)(H,26,31)(H,27,30)(H,28,36)(H,32,33)(H4,20,21,22)/t9-,10-,11-/m0/s1. The van der Waals surface area contributed by atoms with Gasteiger partial charge in [0.2, 0.25) is 35.4 Å². The number of thiol groups is 1. The van der Waals surface area contributed by atoms with E-state index in [1.807, 2.05) is 0 Å². The van der Waals surface area contributed by atoms with Gasteiger partial charge in [-0.2, -0.15) is 12.6 Å². The number of carbonyl (C=O) groups is 7. The van der Waals surface area contributed by atoms with Crippen molar-refractivity contribution >= 4 is 60.0 Å². The summed E-state index contributed by atoms with van der Waals surface area (Å²) in [5.74, 6) is -6.72. The van der Waals surface area contributed by atoms with Crippen molar-refractivity contribution in [2.75, 3.05) is 31.9 Å². The number of amides is 6. The Labute approximate surface area is 216 Å². The molecule has 1 heterocycles. The summed E-state index contributed by atoms with van der Waals surface area (Å²) >= 11 is 3.96. The normalized spacial score (nSPS) is 22.6. The van der Waals surface area contributed by atoms with E-state index < -0.39 is 85.6 Å². The van der Waals surface area contributed by atoms with Gasteiger partial charge in [-0.25, -0.2) is 0 Å². The highest BCUT2D eigenvalue weighted by molar-refractivity contribution is 7.80. The second-order valence-electron chi connectivity index (χ2n) is 7.74. The topological polar surface area (TPSA) is 276 Å². The molecule has 1 saturated heterocycles. The van der Waals surface area contributed by atoms with Gasteiger partial charge in [0.25, 0.3) is 0 Å². The average Bonchev–Trinajstić information content (AvgIpc) is 2.83. The maximum absolute atomic E-state index is 12.6. The molecule has 1 fully saturated rings. The number of hydrogen-bond acceptors (Lipinski definition) is 9. The van der Waals surface area contributed by atoms with Crippen LogP contribution in [0.2, 0.25) is 0 Å². The zero-order chi connectivity index (χ0) is 28.0. The van der Waals surface area contributed by atoms with E-state index in [9.17, 15) is 33.6 Å². The Morgan fingerprint density at radius 3 is 1.92 bits per heavy atom. The summed E-state index contributed by atoms with van der Waals surface area (Å²) < 4.78 is 0. The monoisotopic (exact) mass is 545 g/mol. The molecule has 0 radical (unpaired) electrons. The molecular formula is C19H31N9O8S. The molecule has 0 unspecified atom stereocenters. The lowest BCUT2D eigenvalue weighted by atomic mass is 10.1. The molecule has 11 N–H and O–H groups in total. The zero-order valence-electron chi connectivity index (χ0n) is 19.7. The van der Waals surface area contributed by atoms with Crippen molar-refractivity contribution in [1.29, 1.82) is 0 Å². The fourth-order valence-corrected chi connectivity index (χ4v) is 3.19. The van der Waals surface area contributed by atoms with Crippen molar-refractivity contribution in [3.8, 4) is 0 Å². The van der Waals surface area contributed by atoms with Crippen LogP contribution in [0.25, 0.3) is 0 Å². The Morgan fingerprint density at radius 1 is 0.811 bits per heavy atom. The van der Waals surface area contributed by atoms with Crippen LogP contribution in [0.5, 0.6) is 0 Å². The molecule has 6 amide bonds. The predicted octanol–water partition coefficient (Wildman–Crippen LogP) is -5.74. The molecule has 0 bridgehead atoms. The van der Waals surface area contributed by atoms with E-state index in [1.165, 1.54) is 0 Å². The number of aliphatic imine (C=N–C) groups is 1. The van der Waals surface area contributed by atoms with E-state index in [0.29, 0.717) is 0 Å². The number of nitrogens with one attached hydrogen (secondary N) is 6. The number of nitrogens with zero attached hydrogens (tertiary/aromatic N) is 1. The van der Waals surface area contributed by atoms with Crippen molar-refractivity contribution in [3.05, 3.63) is 0 Å². The SMILES string of the molecule is NC(N)=NCCC[C@@H]1NC(=O)CNC(=O)[C@H](CC(=O)O)NC(=O)[C@H](CS)NC(=O)CNC(=O)CNC1=O. The van der Waals surface area contributed by atoms with Crippen LogP contribution in [0.3, 0.4) is 0 Å². The number of carbonyl (C=O) groups excluding carboxylic acids is 6. The van der Waals surface area contributed by atoms with E-state index >= 15 is 0 Å². The van der Waals surface area contributed by atoms with Gasteiger partial charge in [-0.1, -0.05) is 0 Å². The summed E-state index contributed by atoms with van der Waals surface area (Å²) in [6.45, 7) is -1.58. The molecule has 0 aliphatic carbocycles. The third-order valence-electron chi connectivity index (χ3n) is 4.74. The highest BCUT2D eigenvalue weighted by Gasteiger charge is 2.29. The third-order valence-corrected chi connectivity index (χ3v) is 5.10. The molecule has 17 nitrogen and oxygen atoms in total. The quantitative estimate of drug-likeness (QED) is 0.0626. The molecule has 18 heteroatoms. The van der Waals surface area contributed by atoms with Crippen LogP contribution in [-0.2, 0) is 33.6 Å². The number of guanidine groups is 1. The number of nitrogens with two attached hydrogens (primary N) is 2. The van der Waals surface area contributed by atoms with Crippen LogP contribution in [0.4, 0.5) is 0 Å². The first-order chi connectivity index (χ1) is 17.4. The largest absolute Gasteiger partial charge is 0.481 e. The lowest BCUT2D eigenvalue weighted by Crippen LogP contribution is -2.57. The predicted molar refractivity (Wildman–Crippen MR) is 131 cm³/mol. The van der Waals surface area contributed by atoms with Crippen molar-refractivity contribution in [1.82, 2.24) is 31.9 Å². The minimum atomic E-state index is -1.59. The minimum absolute atomic E-state index is 0.0646. The molecule has 0 saturated carbocycles. The Morgan fingerprint density at radius 2 is 1.35 bits per heavy atom. The van der Waals surface area contributed by atoms with Crippen molar-refractivity contribution < 1.29 is 38.7 Å². The highest BCUT2D eigenvalue weighted by Crippen LogP contribution is 2.00. The summed E-state index contributed by atoms with van der Waals surface area (Å²) in [6.07, 6.45) is -0.485. The lowest BCUT2D eigenvalue weighted by Gasteiger charge is -2.22. The minimum Gasteiger partial charge on any atom is -0.481 e. The van der Waals surface area contributed by atoms with E-state index in [0.717, 1.165) is 0 Å². The number of rotatable bonds is 7. The highest BCUT2D eigenvalue weighted by atomic mass is 32.1. The van der Waals surface area contributed by atoms with Gasteiger partial charge in [-0.3, -0.25) is 38.6 Å². The second kappa shape index (κ2) is 15.8. The first kappa shape index (κ1) is 30.9. The molecule has 0 aromatic carbocycles. The third kappa shape index (κ3) is 12.4. The van der Waals surface area contributed by atoms with Crippen LogP contribution >= 0.6 is 12.6 Å². The molecule has 3 atom stereocenters. The smallest absolute Gasteiger partial charge is 0.305 e. The first-order valence-corrected chi connectivity index (χ1v) is 11.7. The second-order valence-corrected chi connectivity index (χ2v) is 8.11. The van der Waals surface area contributed by atoms with Gasteiger partial charge < -0.3 is 48.5 Å². The molecule has 0 aromatic rings. The summed E-state index contributed by atoms with van der Waals surface area (Å²) in [4.78, 5) is 89.1. The lowest BCUT2D eigenvalue weighted by molar-refractivity contribution is -0.141. The molecule has 206 valence electrons. The summed E-state index contributed by atoms with van der Waals surface area (Å²) in [7, 11) is 0. The number of carboxylic acid groups (broad SMARTS) is 1. The van der Waals surface area contributed by atoms with E-state index in [1.54, 1.807) is 0 Å². The zero-order valence-corrected chi connectivity index (χ0v) is 20.6. The van der Waals surface area contributed by atoms with Crippen LogP contribution in [0, 0.1) is 0 Å². The van der Waals surface area contributed by atoms with Gasteiger partial charge in [0.15, 0.2) is 5.96 Å². The van der Waals surface area contributed by atoms with E-state index in [-0.39, 0.29) is 31.1 Å². The Hall–Kier alpha value is -4.09. The number of hydrogen-bond donors (Lipinski definition) is 10. The van der Waals surface area contributed by atoms with Crippen LogP contribution in [0.1, 0.15) is 19.3 Å². The van der Waals surface area contributed by atoms with Gasteiger partial charge >= 0.3 is 5.97 Å². The van der Waals surface area contributed by atoms with Crippen molar-refractivity contribution in [2.45, 2.75) is 37.4 Å². The molecular weight excluding hydrogens is 514 g/mol. The molecule has 1 aliphatic heterocycles. The van der Waals surface area contributed by atoms with E-state index in [2.05, 4.69) is 49.5 Å². The van der Waals surface area contributed by atoms with Crippen LogP contribution in [-0.4, -0.2) is 103 Å². The Kier molecular flexibility index (Phi) is 13.2. The molecule has 1 aliphatic rings. The van der Waals surface area contributed by atoms with Gasteiger partial charge in [0.1, 0.15) is 18.1 Å². The van der Waals surface area contributed by atoms with Gasteiger partial charge in [-0.15, -0.1) is 0 Å². The average molecular weight is 546 g/mol. The van der Waals surface area contributed by atoms with Crippen molar-refractivity contribution in [3.63, 3.8) is 0 Å². The fourth-order valence-electron chi connectivity index (χ4n) is 2.94. The first-order valence-electron chi connectivity index (χ1n) is 11.0. The summed E-state index contributed by atoms with van der Waals surface area (Å²) in [5.41, 5.74) is 10.5. The molecule has 37 heavy (non-hydrogen) atoms. The number of aliphatic carboxylic acids is 1. The molecule has 1 rings (SSSR count). The summed E-state index contributed by atoms with van der Waals surface area (Å²) in [6, 6.07) is -3.99. The van der Waals surface area contributed by atoms with E-state index in [4.69, 9.17) is 16.6 Å². The van der Waals surface area contributed by atoms with Crippen LogP contribution < -0.4 is 43.4 Å². The summed E-state index contributed by atoms with van der Waals surface area (Å²) in [5, 5.41) is 22.8. The maximum atomic E-state index is 12.6. The molecule has 0 spiro atoms. The maximum Gasteiger partial charge on any atom is 0.305 e. The van der Waals surface area contributed by atoms with Crippen molar-refractivity contribution in [2.24, 2.45) is 16.5 Å². The van der Waals surface area contributed by atoms with Gasteiger partial charge in [-0.05, 0) is 12.8 Å². The number of carboxylic acids is 1. The fraction of sp³-hybridized carbons (Fsp3) is 0.579. The Bertz CT molecular complexity index is 925. The van der Waals surface area contributed by atoms with Crippen LogP contribution in [0.15, 0.2) is 4.99 Å².